The van der Waals surface area contributed by atoms with Crippen molar-refractivity contribution in [3.63, 3.8) is 0 Å². The number of anilines is 1. The molecule has 0 saturated carbocycles. The van der Waals surface area contributed by atoms with Crippen molar-refractivity contribution in [2.45, 2.75) is 18.9 Å². The Morgan fingerprint density at radius 3 is 2.50 bits per heavy atom. The summed E-state index contributed by atoms with van der Waals surface area (Å²) in [5.74, 6) is -0.513. The molecular weight excluding hydrogens is 375 g/mol. The Kier molecular flexibility index (Phi) is 6.14. The Balaban J connectivity index is 1.58. The van der Waals surface area contributed by atoms with Crippen molar-refractivity contribution in [1.82, 2.24) is 5.32 Å². The number of rotatable bonds is 5. The van der Waals surface area contributed by atoms with E-state index < -0.39 is 0 Å². The number of carbonyl (C=O) groups excluding carboxylic acids is 2. The van der Waals surface area contributed by atoms with Crippen LogP contribution in [-0.4, -0.2) is 31.1 Å². The normalized spacial score (nSPS) is 16.3. The third-order valence-electron chi connectivity index (χ3n) is 4.09. The lowest BCUT2D eigenvalue weighted by Gasteiger charge is -2.11. The topological polar surface area (TPSA) is 67.4 Å². The molecular formula is C19H18Cl2N2O3. The molecule has 0 radical (unpaired) electrons. The molecule has 26 heavy (non-hydrogen) atoms. The predicted molar refractivity (Wildman–Crippen MR) is 102 cm³/mol. The van der Waals surface area contributed by atoms with Gasteiger partial charge in [-0.1, -0.05) is 23.2 Å². The van der Waals surface area contributed by atoms with Gasteiger partial charge >= 0.3 is 0 Å². The van der Waals surface area contributed by atoms with Gasteiger partial charge < -0.3 is 15.4 Å². The maximum Gasteiger partial charge on any atom is 0.257 e. The molecule has 1 heterocycles. The summed E-state index contributed by atoms with van der Waals surface area (Å²) in [6.07, 6.45) is 2.10. The van der Waals surface area contributed by atoms with E-state index in [9.17, 15) is 9.59 Å². The molecule has 1 fully saturated rings. The van der Waals surface area contributed by atoms with E-state index in [1.54, 1.807) is 36.4 Å². The number of carbonyl (C=O) groups is 2. The lowest BCUT2D eigenvalue weighted by atomic mass is 10.1. The molecule has 0 aromatic heterocycles. The third-order valence-corrected chi connectivity index (χ3v) is 4.64. The van der Waals surface area contributed by atoms with Crippen LogP contribution in [0.4, 0.5) is 5.69 Å². The molecule has 0 aliphatic carbocycles. The van der Waals surface area contributed by atoms with E-state index in [-0.39, 0.29) is 22.9 Å². The Labute approximate surface area is 161 Å². The predicted octanol–water partition coefficient (Wildman–Crippen LogP) is 4.15. The van der Waals surface area contributed by atoms with E-state index in [2.05, 4.69) is 10.6 Å². The van der Waals surface area contributed by atoms with Gasteiger partial charge in [-0.05, 0) is 55.3 Å². The van der Waals surface area contributed by atoms with Crippen LogP contribution in [0.3, 0.4) is 0 Å². The highest BCUT2D eigenvalue weighted by Gasteiger charge is 2.17. The van der Waals surface area contributed by atoms with Crippen LogP contribution in [0.1, 0.15) is 33.6 Å². The molecule has 2 aromatic rings. The Bertz CT molecular complexity index is 803. The molecule has 1 aliphatic heterocycles. The Hall–Kier alpha value is -2.08. The summed E-state index contributed by atoms with van der Waals surface area (Å²) in [4.78, 5) is 24.4. The smallest absolute Gasteiger partial charge is 0.257 e. The van der Waals surface area contributed by atoms with Crippen molar-refractivity contribution in [3.8, 4) is 0 Å². The molecule has 0 unspecified atom stereocenters. The standard InChI is InChI=1S/C19H18Cl2N2O3/c20-13-5-8-16(17(21)10-13)19(25)23-14-6-3-12(4-7-14)18(24)22-11-15-2-1-9-26-15/h3-8,10,15H,1-2,9,11H2,(H,22,24)(H,23,25)/t15-/m0/s1. The minimum atomic E-state index is -0.345. The van der Waals surface area contributed by atoms with Crippen molar-refractivity contribution in [2.24, 2.45) is 0 Å². The minimum Gasteiger partial charge on any atom is -0.376 e. The van der Waals surface area contributed by atoms with Gasteiger partial charge in [0.1, 0.15) is 0 Å². The van der Waals surface area contributed by atoms with Gasteiger partial charge in [0, 0.05) is 29.4 Å². The quantitative estimate of drug-likeness (QED) is 0.802. The van der Waals surface area contributed by atoms with Crippen molar-refractivity contribution in [1.29, 1.82) is 0 Å². The van der Waals surface area contributed by atoms with E-state index in [1.165, 1.54) is 6.07 Å². The van der Waals surface area contributed by atoms with Crippen LogP contribution >= 0.6 is 23.2 Å². The number of benzene rings is 2. The van der Waals surface area contributed by atoms with Gasteiger partial charge in [-0.3, -0.25) is 9.59 Å². The molecule has 5 nitrogen and oxygen atoms in total. The first-order chi connectivity index (χ1) is 12.5. The molecule has 1 aliphatic rings. The summed E-state index contributed by atoms with van der Waals surface area (Å²) < 4.78 is 5.48. The Morgan fingerprint density at radius 1 is 1.08 bits per heavy atom. The summed E-state index contributed by atoms with van der Waals surface area (Å²) in [5.41, 5.74) is 1.41. The number of nitrogens with one attached hydrogen (secondary N) is 2. The average Bonchev–Trinajstić information content (AvgIpc) is 3.13. The van der Waals surface area contributed by atoms with Crippen LogP contribution in [0.15, 0.2) is 42.5 Å². The van der Waals surface area contributed by atoms with Gasteiger partial charge in [0.2, 0.25) is 0 Å². The number of halogens is 2. The fourth-order valence-corrected chi connectivity index (χ4v) is 3.19. The number of ether oxygens (including phenoxy) is 1. The molecule has 2 aromatic carbocycles. The van der Waals surface area contributed by atoms with Crippen molar-refractivity contribution < 1.29 is 14.3 Å². The molecule has 136 valence electrons. The molecule has 3 rings (SSSR count). The van der Waals surface area contributed by atoms with Gasteiger partial charge in [-0.2, -0.15) is 0 Å². The van der Waals surface area contributed by atoms with Crippen LogP contribution in [0.25, 0.3) is 0 Å². The zero-order valence-electron chi connectivity index (χ0n) is 13.9. The molecule has 1 saturated heterocycles. The SMILES string of the molecule is O=C(NC[C@@H]1CCCO1)c1ccc(NC(=O)c2ccc(Cl)cc2Cl)cc1. The van der Waals surface area contributed by atoms with E-state index in [4.69, 9.17) is 27.9 Å². The summed E-state index contributed by atoms with van der Waals surface area (Å²) in [5, 5.41) is 6.34. The van der Waals surface area contributed by atoms with Gasteiger partial charge in [0.05, 0.1) is 16.7 Å². The second-order valence-corrected chi connectivity index (χ2v) is 6.84. The number of hydrogen-bond acceptors (Lipinski definition) is 3. The van der Waals surface area contributed by atoms with E-state index >= 15 is 0 Å². The maximum absolute atomic E-state index is 12.3. The monoisotopic (exact) mass is 392 g/mol. The molecule has 0 bridgehead atoms. The molecule has 1 atom stereocenters. The molecule has 2 amide bonds. The summed E-state index contributed by atoms with van der Waals surface area (Å²) in [7, 11) is 0. The Morgan fingerprint density at radius 2 is 1.85 bits per heavy atom. The zero-order valence-corrected chi connectivity index (χ0v) is 15.4. The molecule has 2 N–H and O–H groups in total. The third kappa shape index (κ3) is 4.75. The van der Waals surface area contributed by atoms with Gasteiger partial charge in [0.25, 0.3) is 11.8 Å². The first-order valence-corrected chi connectivity index (χ1v) is 9.05. The maximum atomic E-state index is 12.3. The van der Waals surface area contributed by atoms with Gasteiger partial charge in [0.15, 0.2) is 0 Å². The lowest BCUT2D eigenvalue weighted by Crippen LogP contribution is -2.31. The summed E-state index contributed by atoms with van der Waals surface area (Å²) >= 11 is 11.9. The highest BCUT2D eigenvalue weighted by Crippen LogP contribution is 2.22. The second-order valence-electron chi connectivity index (χ2n) is 6.00. The molecule has 7 heteroatoms. The van der Waals surface area contributed by atoms with Gasteiger partial charge in [-0.15, -0.1) is 0 Å². The lowest BCUT2D eigenvalue weighted by molar-refractivity contribution is 0.0857. The summed E-state index contributed by atoms with van der Waals surface area (Å²) in [6.45, 7) is 1.26. The van der Waals surface area contributed by atoms with Crippen LogP contribution in [-0.2, 0) is 4.74 Å². The fraction of sp³-hybridized carbons (Fsp3) is 0.263. The van der Waals surface area contributed by atoms with Crippen LogP contribution in [0.5, 0.6) is 0 Å². The van der Waals surface area contributed by atoms with Crippen molar-refractivity contribution in [2.75, 3.05) is 18.5 Å². The number of hydrogen-bond donors (Lipinski definition) is 2. The first-order valence-electron chi connectivity index (χ1n) is 8.29. The highest BCUT2D eigenvalue weighted by atomic mass is 35.5. The van der Waals surface area contributed by atoms with Crippen molar-refractivity contribution >= 4 is 40.7 Å². The second kappa shape index (κ2) is 8.54. The largest absolute Gasteiger partial charge is 0.376 e. The summed E-state index contributed by atoms with van der Waals surface area (Å²) in [6, 6.07) is 11.3. The van der Waals surface area contributed by atoms with Crippen molar-refractivity contribution in [3.05, 3.63) is 63.6 Å². The van der Waals surface area contributed by atoms with E-state index in [0.29, 0.717) is 28.4 Å². The fourth-order valence-electron chi connectivity index (χ4n) is 2.69. The van der Waals surface area contributed by atoms with Crippen LogP contribution < -0.4 is 10.6 Å². The average molecular weight is 393 g/mol. The molecule has 0 spiro atoms. The van der Waals surface area contributed by atoms with E-state index in [0.717, 1.165) is 19.4 Å². The zero-order chi connectivity index (χ0) is 18.5. The minimum absolute atomic E-state index is 0.0987. The van der Waals surface area contributed by atoms with Gasteiger partial charge in [-0.25, -0.2) is 0 Å². The van der Waals surface area contributed by atoms with E-state index in [1.807, 2.05) is 0 Å². The number of amides is 2. The highest BCUT2D eigenvalue weighted by molar-refractivity contribution is 6.37. The van der Waals surface area contributed by atoms with Crippen LogP contribution in [0.2, 0.25) is 10.0 Å². The van der Waals surface area contributed by atoms with Crippen LogP contribution in [0, 0.1) is 0 Å². The first kappa shape index (κ1) is 18.7.